The first kappa shape index (κ1) is 18.2. The van der Waals surface area contributed by atoms with Gasteiger partial charge in [-0.05, 0) is 29.5 Å². The summed E-state index contributed by atoms with van der Waals surface area (Å²) in [6.07, 6.45) is 3.89. The van der Waals surface area contributed by atoms with Crippen molar-refractivity contribution in [1.29, 1.82) is 0 Å². The number of rotatable bonds is 5. The van der Waals surface area contributed by atoms with Crippen LogP contribution >= 0.6 is 0 Å². The maximum Gasteiger partial charge on any atom is 0.346 e. The largest absolute Gasteiger partial charge is 0.459 e. The van der Waals surface area contributed by atoms with E-state index in [1.54, 1.807) is 4.57 Å². The van der Waals surface area contributed by atoms with Gasteiger partial charge in [0.25, 0.3) is 0 Å². The molecule has 2 heterocycles. The third-order valence-corrected chi connectivity index (χ3v) is 5.02. The van der Waals surface area contributed by atoms with E-state index in [-0.39, 0.29) is 18.8 Å². The average molecular weight is 377 g/mol. The minimum atomic E-state index is -0.456. The van der Waals surface area contributed by atoms with Gasteiger partial charge in [0, 0.05) is 13.0 Å². The summed E-state index contributed by atoms with van der Waals surface area (Å²) < 4.78 is 8.25. The highest BCUT2D eigenvalue weighted by Crippen LogP contribution is 2.19. The van der Waals surface area contributed by atoms with Crippen LogP contribution in [-0.4, -0.2) is 20.3 Å². The van der Waals surface area contributed by atoms with E-state index in [0.717, 1.165) is 48.2 Å². The van der Waals surface area contributed by atoms with Crippen molar-refractivity contribution in [3.8, 4) is 11.1 Å². The van der Waals surface area contributed by atoms with Crippen LogP contribution in [0.15, 0.2) is 59.4 Å². The van der Waals surface area contributed by atoms with E-state index in [0.29, 0.717) is 6.54 Å². The molecule has 0 amide bonds. The van der Waals surface area contributed by atoms with Crippen molar-refractivity contribution < 1.29 is 9.53 Å². The molecule has 2 aromatic carbocycles. The highest BCUT2D eigenvalue weighted by molar-refractivity contribution is 5.69. The van der Waals surface area contributed by atoms with Gasteiger partial charge >= 0.3 is 11.7 Å². The maximum atomic E-state index is 12.4. The zero-order chi connectivity index (χ0) is 19.3. The fourth-order valence-corrected chi connectivity index (χ4v) is 3.48. The summed E-state index contributed by atoms with van der Waals surface area (Å²) in [4.78, 5) is 24.6. The average Bonchev–Trinajstić information content (AvgIpc) is 2.89. The quantitative estimate of drug-likeness (QED) is 0.641. The lowest BCUT2D eigenvalue weighted by Gasteiger charge is -2.06. The second-order valence-electron chi connectivity index (χ2n) is 7.04. The van der Waals surface area contributed by atoms with Crippen LogP contribution in [0.2, 0.25) is 0 Å². The minimum Gasteiger partial charge on any atom is -0.459 e. The molecule has 0 saturated carbocycles. The lowest BCUT2D eigenvalue weighted by atomic mass is 10.0. The highest BCUT2D eigenvalue weighted by atomic mass is 16.5. The van der Waals surface area contributed by atoms with Crippen LogP contribution in [0.4, 0.5) is 0 Å². The Kier molecular flexibility index (Phi) is 5.37. The van der Waals surface area contributed by atoms with Crippen molar-refractivity contribution in [2.45, 2.75) is 45.4 Å². The Balaban J connectivity index is 1.35. The topological polar surface area (TPSA) is 66.1 Å². The number of fused-ring (bicyclic) bond motifs is 1. The van der Waals surface area contributed by atoms with E-state index >= 15 is 0 Å². The molecule has 0 bridgehead atoms. The predicted octanol–water partition coefficient (Wildman–Crippen LogP) is 3.18. The van der Waals surface area contributed by atoms with Crippen molar-refractivity contribution in [3.05, 3.63) is 76.5 Å². The summed E-state index contributed by atoms with van der Waals surface area (Å²) in [6, 6.07) is 18.0. The number of benzene rings is 2. The number of aryl methyl sites for hydroxylation is 1. The number of ether oxygens (including phenoxy) is 1. The molecule has 0 spiro atoms. The summed E-state index contributed by atoms with van der Waals surface area (Å²) in [5.41, 5.74) is 2.94. The standard InChI is InChI=1S/C22H23N3O3/c26-21(15-25-22(27)24-14-6-2-5-9-20(24)23-25)28-16-17-10-12-19(13-11-17)18-7-3-1-4-8-18/h1,3-4,7-8,10-13H,2,5-6,9,14-16H2. The van der Waals surface area contributed by atoms with Gasteiger partial charge in [-0.2, -0.15) is 5.10 Å². The molecular formula is C22H23N3O3. The van der Waals surface area contributed by atoms with Crippen molar-refractivity contribution in [1.82, 2.24) is 14.3 Å². The van der Waals surface area contributed by atoms with Crippen molar-refractivity contribution in [3.63, 3.8) is 0 Å². The fraction of sp³-hybridized carbons (Fsp3) is 0.318. The summed E-state index contributed by atoms with van der Waals surface area (Å²) in [5.74, 6) is 0.314. The summed E-state index contributed by atoms with van der Waals surface area (Å²) in [7, 11) is 0. The van der Waals surface area contributed by atoms with E-state index < -0.39 is 5.97 Å². The van der Waals surface area contributed by atoms with Crippen LogP contribution < -0.4 is 5.69 Å². The molecule has 6 heteroatoms. The molecule has 0 atom stereocenters. The highest BCUT2D eigenvalue weighted by Gasteiger charge is 2.17. The first-order chi connectivity index (χ1) is 13.7. The molecule has 144 valence electrons. The molecule has 3 aromatic rings. The Bertz CT molecular complexity index is 1000. The molecule has 28 heavy (non-hydrogen) atoms. The molecule has 0 fully saturated rings. The van der Waals surface area contributed by atoms with Gasteiger partial charge in [0.2, 0.25) is 0 Å². The molecule has 0 unspecified atom stereocenters. The Morgan fingerprint density at radius 3 is 2.50 bits per heavy atom. The number of nitrogens with zero attached hydrogens (tertiary/aromatic N) is 3. The second kappa shape index (κ2) is 8.25. The van der Waals surface area contributed by atoms with Crippen LogP contribution in [0, 0.1) is 0 Å². The van der Waals surface area contributed by atoms with E-state index in [1.807, 2.05) is 42.5 Å². The zero-order valence-electron chi connectivity index (χ0n) is 15.7. The van der Waals surface area contributed by atoms with Crippen LogP contribution in [0.5, 0.6) is 0 Å². The van der Waals surface area contributed by atoms with E-state index in [4.69, 9.17) is 4.74 Å². The number of aromatic nitrogens is 3. The molecule has 0 saturated heterocycles. The molecule has 1 aliphatic rings. The smallest absolute Gasteiger partial charge is 0.346 e. The van der Waals surface area contributed by atoms with Gasteiger partial charge < -0.3 is 4.74 Å². The molecular weight excluding hydrogens is 354 g/mol. The number of carbonyl (C=O) groups excluding carboxylic acids is 1. The SMILES string of the molecule is O=C(Cn1nc2n(c1=O)CCCCC2)OCc1ccc(-c2ccccc2)cc1. The van der Waals surface area contributed by atoms with Gasteiger partial charge in [0.15, 0.2) is 0 Å². The lowest BCUT2D eigenvalue weighted by molar-refractivity contribution is -0.146. The number of hydrogen-bond donors (Lipinski definition) is 0. The molecule has 1 aromatic heterocycles. The van der Waals surface area contributed by atoms with E-state index in [2.05, 4.69) is 17.2 Å². The molecule has 6 nitrogen and oxygen atoms in total. The van der Waals surface area contributed by atoms with Gasteiger partial charge in [0.05, 0.1) is 0 Å². The predicted molar refractivity (Wildman–Crippen MR) is 106 cm³/mol. The normalized spacial score (nSPS) is 13.6. The number of esters is 1. The Morgan fingerprint density at radius 2 is 1.71 bits per heavy atom. The number of hydrogen-bond acceptors (Lipinski definition) is 4. The number of carbonyl (C=O) groups is 1. The third kappa shape index (κ3) is 4.06. The Hall–Kier alpha value is -3.15. The molecule has 1 aliphatic heterocycles. The van der Waals surface area contributed by atoms with Crippen LogP contribution in [0.25, 0.3) is 11.1 Å². The van der Waals surface area contributed by atoms with Crippen LogP contribution in [-0.2, 0) is 35.6 Å². The first-order valence-electron chi connectivity index (χ1n) is 9.67. The third-order valence-electron chi connectivity index (χ3n) is 5.02. The van der Waals surface area contributed by atoms with Gasteiger partial charge in [-0.15, -0.1) is 0 Å². The van der Waals surface area contributed by atoms with Crippen LogP contribution in [0.1, 0.15) is 30.7 Å². The van der Waals surface area contributed by atoms with Crippen molar-refractivity contribution in [2.24, 2.45) is 0 Å². The van der Waals surface area contributed by atoms with E-state index in [9.17, 15) is 9.59 Å². The fourth-order valence-electron chi connectivity index (χ4n) is 3.48. The molecule has 0 N–H and O–H groups in total. The Labute approximate surface area is 163 Å². The van der Waals surface area contributed by atoms with E-state index in [1.165, 1.54) is 4.68 Å². The molecule has 4 rings (SSSR count). The summed E-state index contributed by atoms with van der Waals surface area (Å²) in [5, 5.41) is 4.32. The molecule has 0 radical (unpaired) electrons. The zero-order valence-corrected chi connectivity index (χ0v) is 15.7. The van der Waals surface area contributed by atoms with Crippen molar-refractivity contribution in [2.75, 3.05) is 0 Å². The second-order valence-corrected chi connectivity index (χ2v) is 7.04. The monoisotopic (exact) mass is 377 g/mol. The van der Waals surface area contributed by atoms with Crippen LogP contribution in [0.3, 0.4) is 0 Å². The maximum absolute atomic E-state index is 12.4. The summed E-state index contributed by atoms with van der Waals surface area (Å²) >= 11 is 0. The van der Waals surface area contributed by atoms with Gasteiger partial charge in [-0.25, -0.2) is 9.48 Å². The van der Waals surface area contributed by atoms with Gasteiger partial charge in [0.1, 0.15) is 19.0 Å². The molecule has 0 aliphatic carbocycles. The Morgan fingerprint density at radius 1 is 0.964 bits per heavy atom. The van der Waals surface area contributed by atoms with Gasteiger partial charge in [-0.1, -0.05) is 61.0 Å². The summed E-state index contributed by atoms with van der Waals surface area (Å²) in [6.45, 7) is 0.703. The minimum absolute atomic E-state index is 0.152. The van der Waals surface area contributed by atoms with Gasteiger partial charge in [-0.3, -0.25) is 9.36 Å². The first-order valence-corrected chi connectivity index (χ1v) is 9.67. The van der Waals surface area contributed by atoms with Crippen molar-refractivity contribution >= 4 is 5.97 Å². The lowest BCUT2D eigenvalue weighted by Crippen LogP contribution is -2.28.